The largest absolute Gasteiger partial charge is 0.449 e. The number of aromatic nitrogens is 1. The minimum absolute atomic E-state index is 0.331. The first-order valence-corrected chi connectivity index (χ1v) is 9.01. The van der Waals surface area contributed by atoms with Crippen LogP contribution >= 0.6 is 11.6 Å². The number of amides is 1. The molecule has 1 N–H and O–H groups in total. The van der Waals surface area contributed by atoms with Crippen molar-refractivity contribution in [1.29, 1.82) is 0 Å². The van der Waals surface area contributed by atoms with Crippen LogP contribution in [0.2, 0.25) is 5.02 Å². The second-order valence-electron chi connectivity index (χ2n) is 6.02. The Bertz CT molecular complexity index is 986. The molecule has 6 heteroatoms. The Hall–Kier alpha value is -2.92. The summed E-state index contributed by atoms with van der Waals surface area (Å²) in [6.45, 7) is 3.83. The third-order valence-corrected chi connectivity index (χ3v) is 4.33. The smallest absolute Gasteiger partial charge is 0.339 e. The fraction of sp³-hybridized carbons (Fsp3) is 0.190. The highest BCUT2D eigenvalue weighted by Crippen LogP contribution is 2.26. The number of para-hydroxylation sites is 1. The molecule has 2 aromatic carbocycles. The van der Waals surface area contributed by atoms with Gasteiger partial charge in [0.25, 0.3) is 5.91 Å². The van der Waals surface area contributed by atoms with Crippen molar-refractivity contribution < 1.29 is 14.3 Å². The summed E-state index contributed by atoms with van der Waals surface area (Å²) in [5, 5.41) is 3.93. The maximum absolute atomic E-state index is 12.8. The normalized spacial score (nSPS) is 11.8. The lowest BCUT2D eigenvalue weighted by molar-refractivity contribution is -0.128. The van der Waals surface area contributed by atoms with E-state index in [4.69, 9.17) is 16.3 Å². The molecule has 1 heterocycles. The summed E-state index contributed by atoms with van der Waals surface area (Å²) in [6.07, 6.45) is -0.886. The van der Waals surface area contributed by atoms with Crippen LogP contribution in [0.5, 0.6) is 0 Å². The van der Waals surface area contributed by atoms with Gasteiger partial charge < -0.3 is 10.1 Å². The topological polar surface area (TPSA) is 68.3 Å². The molecule has 1 atom stereocenters. The van der Waals surface area contributed by atoms with Gasteiger partial charge in [0.1, 0.15) is 0 Å². The Morgan fingerprint density at radius 2 is 1.85 bits per heavy atom. The molecule has 0 aliphatic rings. The first-order chi connectivity index (χ1) is 13.0. The van der Waals surface area contributed by atoms with Crippen molar-refractivity contribution in [3.63, 3.8) is 0 Å². The molecular weight excluding hydrogens is 364 g/mol. The molecule has 0 radical (unpaired) electrons. The molecular formula is C21H19ClN2O3. The Morgan fingerprint density at radius 3 is 2.56 bits per heavy atom. The van der Waals surface area contributed by atoms with Crippen LogP contribution in [0.4, 0.5) is 0 Å². The van der Waals surface area contributed by atoms with Gasteiger partial charge in [0.05, 0.1) is 16.8 Å². The number of esters is 1. The van der Waals surface area contributed by atoms with Crippen LogP contribution in [0.1, 0.15) is 24.2 Å². The van der Waals surface area contributed by atoms with E-state index >= 15 is 0 Å². The van der Waals surface area contributed by atoms with Crippen molar-refractivity contribution in [3.8, 4) is 11.3 Å². The Morgan fingerprint density at radius 1 is 1.15 bits per heavy atom. The van der Waals surface area contributed by atoms with Gasteiger partial charge in [-0.05, 0) is 38.1 Å². The molecule has 1 amide bonds. The first-order valence-electron chi connectivity index (χ1n) is 8.64. The molecule has 0 aliphatic heterocycles. The van der Waals surface area contributed by atoms with Crippen LogP contribution in [0.3, 0.4) is 0 Å². The Labute approximate surface area is 162 Å². The minimum atomic E-state index is -0.886. The number of benzene rings is 2. The van der Waals surface area contributed by atoms with E-state index in [1.807, 2.05) is 30.3 Å². The fourth-order valence-electron chi connectivity index (χ4n) is 2.71. The lowest BCUT2D eigenvalue weighted by Gasteiger charge is -2.14. The summed E-state index contributed by atoms with van der Waals surface area (Å²) in [5.41, 5.74) is 2.49. The van der Waals surface area contributed by atoms with Crippen molar-refractivity contribution >= 4 is 34.4 Å². The van der Waals surface area contributed by atoms with Crippen LogP contribution in [-0.4, -0.2) is 29.5 Å². The highest BCUT2D eigenvalue weighted by Gasteiger charge is 2.21. The van der Waals surface area contributed by atoms with E-state index in [0.717, 1.165) is 5.56 Å². The maximum Gasteiger partial charge on any atom is 0.339 e. The Balaban J connectivity index is 2.01. The zero-order chi connectivity index (χ0) is 19.4. The number of pyridine rings is 1. The predicted octanol–water partition coefficient (Wildman–Crippen LogP) is 4.24. The van der Waals surface area contributed by atoms with Crippen LogP contribution in [0.15, 0.2) is 54.6 Å². The minimum Gasteiger partial charge on any atom is -0.449 e. The van der Waals surface area contributed by atoms with Gasteiger partial charge >= 0.3 is 5.97 Å². The molecule has 1 aromatic heterocycles. The van der Waals surface area contributed by atoms with Crippen LogP contribution in [0.25, 0.3) is 22.2 Å². The number of hydrogen-bond donors (Lipinski definition) is 1. The molecule has 0 aliphatic carbocycles. The number of rotatable bonds is 5. The van der Waals surface area contributed by atoms with Gasteiger partial charge in [0.2, 0.25) is 0 Å². The monoisotopic (exact) mass is 382 g/mol. The van der Waals surface area contributed by atoms with Crippen LogP contribution in [-0.2, 0) is 9.53 Å². The average Bonchev–Trinajstić information content (AvgIpc) is 2.67. The number of carbonyl (C=O) groups excluding carboxylic acids is 2. The molecule has 0 spiro atoms. The molecule has 3 rings (SSSR count). The van der Waals surface area contributed by atoms with E-state index in [2.05, 4.69) is 10.3 Å². The van der Waals surface area contributed by atoms with E-state index in [9.17, 15) is 9.59 Å². The average molecular weight is 383 g/mol. The molecule has 0 bridgehead atoms. The number of carbonyl (C=O) groups is 2. The molecule has 0 saturated heterocycles. The van der Waals surface area contributed by atoms with Crippen molar-refractivity contribution in [2.24, 2.45) is 0 Å². The lowest BCUT2D eigenvalue weighted by Crippen LogP contribution is -2.35. The number of ether oxygens (including phenoxy) is 1. The van der Waals surface area contributed by atoms with Crippen molar-refractivity contribution in [3.05, 3.63) is 65.2 Å². The number of fused-ring (bicyclic) bond motifs is 1. The molecule has 0 saturated carbocycles. The number of halogens is 1. The van der Waals surface area contributed by atoms with E-state index in [-0.39, 0.29) is 5.91 Å². The van der Waals surface area contributed by atoms with Crippen molar-refractivity contribution in [1.82, 2.24) is 10.3 Å². The number of hydrogen-bond acceptors (Lipinski definition) is 4. The molecule has 0 unspecified atom stereocenters. The van der Waals surface area contributed by atoms with E-state index in [1.54, 1.807) is 38.1 Å². The fourth-order valence-corrected chi connectivity index (χ4v) is 2.83. The molecule has 138 valence electrons. The maximum atomic E-state index is 12.8. The van der Waals surface area contributed by atoms with E-state index < -0.39 is 12.1 Å². The molecule has 27 heavy (non-hydrogen) atoms. The van der Waals surface area contributed by atoms with Gasteiger partial charge in [-0.1, -0.05) is 41.9 Å². The lowest BCUT2D eigenvalue weighted by atomic mass is 10.0. The molecule has 5 nitrogen and oxygen atoms in total. The summed E-state index contributed by atoms with van der Waals surface area (Å²) >= 11 is 5.96. The van der Waals surface area contributed by atoms with E-state index in [0.29, 0.717) is 33.7 Å². The quantitative estimate of drug-likeness (QED) is 0.670. The number of likely N-dealkylation sites (N-methyl/N-ethyl adjacent to an activating group) is 1. The highest BCUT2D eigenvalue weighted by atomic mass is 35.5. The molecule has 0 fully saturated rings. The van der Waals surface area contributed by atoms with Crippen LogP contribution < -0.4 is 5.32 Å². The first kappa shape index (κ1) is 18.9. The summed E-state index contributed by atoms with van der Waals surface area (Å²) < 4.78 is 5.37. The second kappa shape index (κ2) is 8.18. The van der Waals surface area contributed by atoms with Gasteiger partial charge in [-0.2, -0.15) is 0 Å². The number of nitrogens with one attached hydrogen (secondary N) is 1. The van der Waals surface area contributed by atoms with E-state index in [1.165, 1.54) is 0 Å². The third-order valence-electron chi connectivity index (χ3n) is 4.08. The Kier molecular flexibility index (Phi) is 5.72. The van der Waals surface area contributed by atoms with Gasteiger partial charge in [0, 0.05) is 22.5 Å². The third kappa shape index (κ3) is 4.26. The predicted molar refractivity (Wildman–Crippen MR) is 106 cm³/mol. The second-order valence-corrected chi connectivity index (χ2v) is 6.46. The summed E-state index contributed by atoms with van der Waals surface area (Å²) in [5.74, 6) is -0.898. The zero-order valence-electron chi connectivity index (χ0n) is 15.0. The van der Waals surface area contributed by atoms with Crippen LogP contribution in [0, 0.1) is 0 Å². The number of nitrogens with zero attached hydrogens (tertiary/aromatic N) is 1. The molecule has 3 aromatic rings. The SMILES string of the molecule is CCNC(=O)[C@@H](C)OC(=O)c1cc(-c2ccc(Cl)cc2)nc2ccccc12. The zero-order valence-corrected chi connectivity index (χ0v) is 15.8. The van der Waals surface area contributed by atoms with Crippen molar-refractivity contribution in [2.45, 2.75) is 20.0 Å². The highest BCUT2D eigenvalue weighted by molar-refractivity contribution is 6.30. The van der Waals surface area contributed by atoms with Gasteiger partial charge in [-0.15, -0.1) is 0 Å². The standard InChI is InChI=1S/C21H19ClN2O3/c1-3-23-20(25)13(2)27-21(26)17-12-19(14-8-10-15(22)11-9-14)24-18-7-5-4-6-16(17)18/h4-13H,3H2,1-2H3,(H,23,25)/t13-/m1/s1. The summed E-state index contributed by atoms with van der Waals surface area (Å²) in [4.78, 5) is 29.3. The summed E-state index contributed by atoms with van der Waals surface area (Å²) in [7, 11) is 0. The summed E-state index contributed by atoms with van der Waals surface area (Å²) in [6, 6.07) is 16.2. The van der Waals surface area contributed by atoms with Gasteiger partial charge in [-0.25, -0.2) is 9.78 Å². The van der Waals surface area contributed by atoms with Gasteiger partial charge in [0.15, 0.2) is 6.10 Å². The van der Waals surface area contributed by atoms with Crippen molar-refractivity contribution in [2.75, 3.05) is 6.54 Å². The van der Waals surface area contributed by atoms with Gasteiger partial charge in [-0.3, -0.25) is 4.79 Å².